The van der Waals surface area contributed by atoms with Gasteiger partial charge in [0.05, 0.1) is 18.1 Å². The van der Waals surface area contributed by atoms with Crippen LogP contribution < -0.4 is 10.6 Å². The van der Waals surface area contributed by atoms with Gasteiger partial charge >= 0.3 is 0 Å². The minimum absolute atomic E-state index is 0.241. The van der Waals surface area contributed by atoms with E-state index in [4.69, 9.17) is 16.0 Å². The molecule has 0 aliphatic heterocycles. The van der Waals surface area contributed by atoms with Crippen LogP contribution in [0.5, 0.6) is 0 Å². The van der Waals surface area contributed by atoms with Crippen molar-refractivity contribution in [3.05, 3.63) is 71.3 Å². The highest BCUT2D eigenvalue weighted by Crippen LogP contribution is 2.23. The third kappa shape index (κ3) is 3.70. The molecule has 0 radical (unpaired) electrons. The molecule has 0 saturated heterocycles. The number of pyridine rings is 1. The molecule has 3 rings (SSSR count). The number of amides is 1. The normalized spacial score (nSPS) is 10.3. The number of hydrogen-bond acceptors (Lipinski definition) is 4. The Morgan fingerprint density at radius 2 is 2.09 bits per heavy atom. The number of benzene rings is 1. The number of furan rings is 1. The van der Waals surface area contributed by atoms with Crippen LogP contribution in [0.2, 0.25) is 5.02 Å². The summed E-state index contributed by atoms with van der Waals surface area (Å²) in [7, 11) is 0. The predicted octanol–water partition coefficient (Wildman–Crippen LogP) is 4.63. The fraction of sp³-hybridized carbons (Fsp3) is 0.0588. The van der Waals surface area contributed by atoms with Gasteiger partial charge in [-0.05, 0) is 55.0 Å². The number of halogens is 1. The Morgan fingerprint density at radius 3 is 2.74 bits per heavy atom. The second kappa shape index (κ2) is 6.54. The second-order valence-corrected chi connectivity index (χ2v) is 5.38. The van der Waals surface area contributed by atoms with E-state index in [-0.39, 0.29) is 11.7 Å². The summed E-state index contributed by atoms with van der Waals surface area (Å²) in [6, 6.07) is 12.4. The van der Waals surface area contributed by atoms with Crippen LogP contribution >= 0.6 is 11.6 Å². The van der Waals surface area contributed by atoms with E-state index >= 15 is 0 Å². The Bertz CT molecular complexity index is 814. The van der Waals surface area contributed by atoms with Crippen molar-refractivity contribution in [2.24, 2.45) is 0 Å². The summed E-state index contributed by atoms with van der Waals surface area (Å²) in [4.78, 5) is 16.1. The van der Waals surface area contributed by atoms with Gasteiger partial charge < -0.3 is 15.1 Å². The summed E-state index contributed by atoms with van der Waals surface area (Å²) < 4.78 is 5.03. The molecule has 2 N–H and O–H groups in total. The summed E-state index contributed by atoms with van der Waals surface area (Å²) in [5.41, 5.74) is 2.79. The van der Waals surface area contributed by atoms with Crippen LogP contribution in [0.25, 0.3) is 0 Å². The van der Waals surface area contributed by atoms with Crippen LogP contribution in [0.4, 0.5) is 17.2 Å². The molecule has 2 aromatic heterocycles. The van der Waals surface area contributed by atoms with Crippen molar-refractivity contribution in [1.29, 1.82) is 0 Å². The van der Waals surface area contributed by atoms with Gasteiger partial charge in [-0.3, -0.25) is 4.79 Å². The molecule has 5 nitrogen and oxygen atoms in total. The summed E-state index contributed by atoms with van der Waals surface area (Å²) in [5, 5.41) is 6.62. The molecule has 23 heavy (non-hydrogen) atoms. The van der Waals surface area contributed by atoms with E-state index in [0.29, 0.717) is 10.8 Å². The summed E-state index contributed by atoms with van der Waals surface area (Å²) in [6.07, 6.45) is 3.09. The summed E-state index contributed by atoms with van der Waals surface area (Å²) in [6.45, 7) is 1.97. The van der Waals surface area contributed by atoms with E-state index in [2.05, 4.69) is 15.6 Å². The highest BCUT2D eigenvalue weighted by molar-refractivity contribution is 6.30. The molecule has 0 saturated carbocycles. The van der Waals surface area contributed by atoms with E-state index in [1.807, 2.05) is 31.2 Å². The number of hydrogen-bond donors (Lipinski definition) is 2. The van der Waals surface area contributed by atoms with E-state index < -0.39 is 0 Å². The summed E-state index contributed by atoms with van der Waals surface area (Å²) >= 11 is 5.94. The SMILES string of the molecule is Cc1cc(Cl)ccc1Nc1ccc(NC(=O)c2ccco2)nc1. The van der Waals surface area contributed by atoms with Crippen molar-refractivity contribution in [3.63, 3.8) is 0 Å². The van der Waals surface area contributed by atoms with Gasteiger partial charge in [0.25, 0.3) is 5.91 Å². The maximum atomic E-state index is 11.9. The van der Waals surface area contributed by atoms with E-state index in [9.17, 15) is 4.79 Å². The van der Waals surface area contributed by atoms with Crippen LogP contribution in [0.3, 0.4) is 0 Å². The molecule has 0 bridgehead atoms. The van der Waals surface area contributed by atoms with Gasteiger partial charge in [-0.2, -0.15) is 0 Å². The smallest absolute Gasteiger partial charge is 0.292 e. The number of nitrogens with zero attached hydrogens (tertiary/aromatic N) is 1. The quantitative estimate of drug-likeness (QED) is 0.733. The molecule has 1 aromatic carbocycles. The maximum absolute atomic E-state index is 11.9. The molecule has 0 aliphatic rings. The van der Waals surface area contributed by atoms with Gasteiger partial charge in [0, 0.05) is 10.7 Å². The van der Waals surface area contributed by atoms with Crippen LogP contribution in [-0.4, -0.2) is 10.9 Å². The third-order valence-electron chi connectivity index (χ3n) is 3.22. The van der Waals surface area contributed by atoms with Gasteiger partial charge in [0.1, 0.15) is 5.82 Å². The van der Waals surface area contributed by atoms with Gasteiger partial charge in [-0.1, -0.05) is 11.6 Å². The Morgan fingerprint density at radius 1 is 1.22 bits per heavy atom. The Labute approximate surface area is 138 Å². The lowest BCUT2D eigenvalue weighted by Crippen LogP contribution is -2.11. The van der Waals surface area contributed by atoms with Gasteiger partial charge in [0.15, 0.2) is 5.76 Å². The predicted molar refractivity (Wildman–Crippen MR) is 90.4 cm³/mol. The standard InChI is InChI=1S/C17H14ClN3O2/c1-11-9-12(18)4-6-14(11)20-13-5-7-16(19-10-13)21-17(22)15-3-2-8-23-15/h2-10,20H,1H3,(H,19,21,22). The zero-order valence-corrected chi connectivity index (χ0v) is 13.1. The first-order chi connectivity index (χ1) is 11.1. The maximum Gasteiger partial charge on any atom is 0.292 e. The van der Waals surface area contributed by atoms with Crippen LogP contribution in [0, 0.1) is 6.92 Å². The Hall–Kier alpha value is -2.79. The second-order valence-electron chi connectivity index (χ2n) is 4.95. The van der Waals surface area contributed by atoms with E-state index in [1.165, 1.54) is 6.26 Å². The molecule has 1 amide bonds. The average Bonchev–Trinajstić information content (AvgIpc) is 3.06. The molecule has 0 unspecified atom stereocenters. The van der Waals surface area contributed by atoms with Gasteiger partial charge in [-0.15, -0.1) is 0 Å². The van der Waals surface area contributed by atoms with Crippen molar-refractivity contribution in [3.8, 4) is 0 Å². The van der Waals surface area contributed by atoms with Crippen molar-refractivity contribution in [2.45, 2.75) is 6.92 Å². The van der Waals surface area contributed by atoms with Gasteiger partial charge in [-0.25, -0.2) is 4.98 Å². The lowest BCUT2D eigenvalue weighted by atomic mass is 10.2. The van der Waals surface area contributed by atoms with Crippen molar-refractivity contribution in [1.82, 2.24) is 4.98 Å². The monoisotopic (exact) mass is 327 g/mol. The molecular formula is C17H14ClN3O2. The third-order valence-corrected chi connectivity index (χ3v) is 3.45. The number of carbonyl (C=O) groups is 1. The highest BCUT2D eigenvalue weighted by atomic mass is 35.5. The van der Waals surface area contributed by atoms with E-state index in [0.717, 1.165) is 16.9 Å². The number of nitrogens with one attached hydrogen (secondary N) is 2. The van der Waals surface area contributed by atoms with Crippen molar-refractivity contribution in [2.75, 3.05) is 10.6 Å². The van der Waals surface area contributed by atoms with Crippen molar-refractivity contribution >= 4 is 34.7 Å². The van der Waals surface area contributed by atoms with Crippen molar-refractivity contribution < 1.29 is 9.21 Å². The Balaban J connectivity index is 1.68. The zero-order valence-electron chi connectivity index (χ0n) is 12.3. The first kappa shape index (κ1) is 15.1. The number of anilines is 3. The van der Waals surface area contributed by atoms with Gasteiger partial charge in [0.2, 0.25) is 0 Å². The van der Waals surface area contributed by atoms with Crippen LogP contribution in [-0.2, 0) is 0 Å². The molecule has 6 heteroatoms. The fourth-order valence-corrected chi connectivity index (χ4v) is 2.28. The average molecular weight is 328 g/mol. The molecule has 2 heterocycles. The molecule has 116 valence electrons. The first-order valence-electron chi connectivity index (χ1n) is 6.96. The number of rotatable bonds is 4. The largest absolute Gasteiger partial charge is 0.459 e. The molecule has 0 spiro atoms. The number of aromatic nitrogens is 1. The van der Waals surface area contributed by atoms with Crippen LogP contribution in [0.1, 0.15) is 16.1 Å². The lowest BCUT2D eigenvalue weighted by Gasteiger charge is -2.10. The minimum Gasteiger partial charge on any atom is -0.459 e. The molecule has 0 aliphatic carbocycles. The molecular weight excluding hydrogens is 314 g/mol. The molecule has 0 atom stereocenters. The highest BCUT2D eigenvalue weighted by Gasteiger charge is 2.09. The minimum atomic E-state index is -0.336. The number of aryl methyl sites for hydroxylation is 1. The topological polar surface area (TPSA) is 67.2 Å². The van der Waals surface area contributed by atoms with Crippen LogP contribution in [0.15, 0.2) is 59.3 Å². The first-order valence-corrected chi connectivity index (χ1v) is 7.34. The zero-order chi connectivity index (χ0) is 16.2. The molecule has 0 fully saturated rings. The number of carbonyl (C=O) groups excluding carboxylic acids is 1. The summed E-state index contributed by atoms with van der Waals surface area (Å²) in [5.74, 6) is 0.354. The Kier molecular flexibility index (Phi) is 4.30. The fourth-order valence-electron chi connectivity index (χ4n) is 2.05. The van der Waals surface area contributed by atoms with E-state index in [1.54, 1.807) is 24.4 Å². The lowest BCUT2D eigenvalue weighted by molar-refractivity contribution is 0.0996. The molecule has 3 aromatic rings.